The molecule has 0 bridgehead atoms. The van der Waals surface area contributed by atoms with Crippen LogP contribution in [-0.4, -0.2) is 14.9 Å². The van der Waals surface area contributed by atoms with Crippen LogP contribution >= 0.6 is 27.5 Å². The highest BCUT2D eigenvalue weighted by molar-refractivity contribution is 9.10. The maximum atomic E-state index is 10.6. The summed E-state index contributed by atoms with van der Waals surface area (Å²) in [5.74, 6) is 0.482. The molecule has 18 heavy (non-hydrogen) atoms. The van der Waals surface area contributed by atoms with Gasteiger partial charge in [-0.3, -0.25) is 10.1 Å². The van der Waals surface area contributed by atoms with E-state index in [0.29, 0.717) is 10.2 Å². The third kappa shape index (κ3) is 2.74. The number of nitro groups is 1. The van der Waals surface area contributed by atoms with Crippen molar-refractivity contribution < 1.29 is 9.66 Å². The summed E-state index contributed by atoms with van der Waals surface area (Å²) >= 11 is 8.94. The van der Waals surface area contributed by atoms with Crippen molar-refractivity contribution in [2.75, 3.05) is 0 Å². The van der Waals surface area contributed by atoms with Gasteiger partial charge in [0.25, 0.3) is 5.69 Å². The molecule has 0 N–H and O–H groups in total. The van der Waals surface area contributed by atoms with Crippen LogP contribution in [-0.2, 0) is 0 Å². The van der Waals surface area contributed by atoms with Crippen molar-refractivity contribution in [3.05, 3.63) is 50.3 Å². The Morgan fingerprint density at radius 3 is 2.89 bits per heavy atom. The molecule has 0 aliphatic heterocycles. The van der Waals surface area contributed by atoms with Gasteiger partial charge in [-0.2, -0.15) is 0 Å². The highest BCUT2D eigenvalue weighted by Gasteiger charge is 2.11. The number of rotatable bonds is 3. The Balaban J connectivity index is 2.31. The molecule has 0 saturated heterocycles. The number of non-ortho nitro benzene ring substituents is 1. The van der Waals surface area contributed by atoms with Gasteiger partial charge in [-0.1, -0.05) is 17.7 Å². The Labute approximate surface area is 115 Å². The normalized spacial score (nSPS) is 10.1. The molecule has 0 atom stereocenters. The van der Waals surface area contributed by atoms with Crippen molar-refractivity contribution in [2.24, 2.45) is 0 Å². The first-order chi connectivity index (χ1) is 8.58. The van der Waals surface area contributed by atoms with Crippen LogP contribution in [0.25, 0.3) is 0 Å². The summed E-state index contributed by atoms with van der Waals surface area (Å²) < 4.78 is 5.78. The van der Waals surface area contributed by atoms with Gasteiger partial charge in [-0.25, -0.2) is 9.97 Å². The van der Waals surface area contributed by atoms with Crippen LogP contribution < -0.4 is 4.74 Å². The van der Waals surface area contributed by atoms with Crippen LogP contribution in [0.1, 0.15) is 0 Å². The summed E-state index contributed by atoms with van der Waals surface area (Å²) in [5, 5.41) is 10.8. The molecule has 0 saturated carbocycles. The number of nitro benzene ring substituents is 1. The lowest BCUT2D eigenvalue weighted by molar-refractivity contribution is -0.384. The Kier molecular flexibility index (Phi) is 3.73. The lowest BCUT2D eigenvalue weighted by Crippen LogP contribution is -1.93. The van der Waals surface area contributed by atoms with Crippen LogP contribution in [0.4, 0.5) is 5.69 Å². The maximum absolute atomic E-state index is 10.6. The predicted molar refractivity (Wildman–Crippen MR) is 67.9 cm³/mol. The van der Waals surface area contributed by atoms with Crippen molar-refractivity contribution >= 4 is 33.2 Å². The summed E-state index contributed by atoms with van der Waals surface area (Å²) in [6, 6.07) is 5.76. The van der Waals surface area contributed by atoms with E-state index < -0.39 is 4.92 Å². The molecule has 8 heteroatoms. The molecule has 2 rings (SSSR count). The molecule has 0 unspecified atom stereocenters. The van der Waals surface area contributed by atoms with Crippen molar-refractivity contribution in [1.29, 1.82) is 0 Å². The van der Waals surface area contributed by atoms with E-state index in [-0.39, 0.29) is 16.7 Å². The molecule has 0 aliphatic rings. The van der Waals surface area contributed by atoms with Gasteiger partial charge in [-0.05, 0) is 22.0 Å². The largest absolute Gasteiger partial charge is 0.437 e. The highest BCUT2D eigenvalue weighted by Crippen LogP contribution is 2.32. The second-order valence-electron chi connectivity index (χ2n) is 3.14. The summed E-state index contributed by atoms with van der Waals surface area (Å²) in [7, 11) is 0. The van der Waals surface area contributed by atoms with Crippen molar-refractivity contribution in [3.8, 4) is 11.6 Å². The van der Waals surface area contributed by atoms with E-state index in [2.05, 4.69) is 25.9 Å². The van der Waals surface area contributed by atoms with Gasteiger partial charge in [-0.15, -0.1) is 0 Å². The molecule has 6 nitrogen and oxygen atoms in total. The number of ether oxygens (including phenoxy) is 1. The first-order valence-corrected chi connectivity index (χ1v) is 5.83. The molecule has 92 valence electrons. The van der Waals surface area contributed by atoms with E-state index in [1.807, 2.05) is 0 Å². The Bertz CT molecular complexity index is 609. The third-order valence-corrected chi connectivity index (χ3v) is 3.19. The van der Waals surface area contributed by atoms with Gasteiger partial charge in [0, 0.05) is 6.07 Å². The highest BCUT2D eigenvalue weighted by atomic mass is 79.9. The second kappa shape index (κ2) is 5.28. The van der Waals surface area contributed by atoms with Gasteiger partial charge in [0.2, 0.25) is 5.88 Å². The van der Waals surface area contributed by atoms with E-state index in [9.17, 15) is 10.1 Å². The second-order valence-corrected chi connectivity index (χ2v) is 4.29. The molecule has 1 aromatic carbocycles. The van der Waals surface area contributed by atoms with Crippen LogP contribution in [0.15, 0.2) is 35.1 Å². The summed E-state index contributed by atoms with van der Waals surface area (Å²) in [5.41, 5.74) is -0.0659. The molecule has 0 amide bonds. The molecule has 0 spiro atoms. The average Bonchev–Trinajstić information content (AvgIpc) is 2.35. The standard InChI is InChI=1S/C10H5BrClN3O3/c11-8-9(12)13-5-14-10(8)18-7-3-1-2-6(4-7)15(16)17/h1-5H. The third-order valence-electron chi connectivity index (χ3n) is 1.96. The molecule has 0 radical (unpaired) electrons. The Morgan fingerprint density at radius 1 is 1.39 bits per heavy atom. The van der Waals surface area contributed by atoms with E-state index >= 15 is 0 Å². The zero-order chi connectivity index (χ0) is 13.1. The monoisotopic (exact) mass is 329 g/mol. The van der Waals surface area contributed by atoms with Gasteiger partial charge in [0.1, 0.15) is 16.5 Å². The minimum Gasteiger partial charge on any atom is -0.437 e. The predicted octanol–water partition coefficient (Wildman–Crippen LogP) is 3.59. The smallest absolute Gasteiger partial charge is 0.273 e. The van der Waals surface area contributed by atoms with E-state index in [4.69, 9.17) is 16.3 Å². The molecule has 1 aromatic heterocycles. The number of benzene rings is 1. The number of nitrogens with zero attached hydrogens (tertiary/aromatic N) is 3. The zero-order valence-corrected chi connectivity index (χ0v) is 11.1. The number of aromatic nitrogens is 2. The maximum Gasteiger partial charge on any atom is 0.273 e. The lowest BCUT2D eigenvalue weighted by atomic mass is 10.3. The van der Waals surface area contributed by atoms with Crippen molar-refractivity contribution in [2.45, 2.75) is 0 Å². The van der Waals surface area contributed by atoms with Gasteiger partial charge < -0.3 is 4.74 Å². The lowest BCUT2D eigenvalue weighted by Gasteiger charge is -2.06. The zero-order valence-electron chi connectivity index (χ0n) is 8.71. The van der Waals surface area contributed by atoms with Crippen molar-refractivity contribution in [1.82, 2.24) is 9.97 Å². The van der Waals surface area contributed by atoms with E-state index in [1.54, 1.807) is 6.07 Å². The molecule has 0 aliphatic carbocycles. The minimum atomic E-state index is -0.505. The van der Waals surface area contributed by atoms with E-state index in [1.165, 1.54) is 24.5 Å². The molecular formula is C10H5BrClN3O3. The van der Waals surface area contributed by atoms with Crippen molar-refractivity contribution in [3.63, 3.8) is 0 Å². The Morgan fingerprint density at radius 2 is 2.17 bits per heavy atom. The van der Waals surface area contributed by atoms with Crippen LogP contribution in [0.5, 0.6) is 11.6 Å². The summed E-state index contributed by atoms with van der Waals surface area (Å²) in [4.78, 5) is 17.7. The van der Waals surface area contributed by atoms with Gasteiger partial charge >= 0.3 is 0 Å². The number of halogens is 2. The Hall–Kier alpha value is -1.73. The van der Waals surface area contributed by atoms with Gasteiger partial charge in [0.05, 0.1) is 11.0 Å². The average molecular weight is 331 g/mol. The van der Waals surface area contributed by atoms with Crippen LogP contribution in [0.2, 0.25) is 5.15 Å². The topological polar surface area (TPSA) is 78.2 Å². The molecule has 0 fully saturated rings. The quantitative estimate of drug-likeness (QED) is 0.488. The van der Waals surface area contributed by atoms with Crippen LogP contribution in [0.3, 0.4) is 0 Å². The first-order valence-electron chi connectivity index (χ1n) is 4.66. The van der Waals surface area contributed by atoms with Gasteiger partial charge in [0.15, 0.2) is 5.15 Å². The summed E-state index contributed by atoms with van der Waals surface area (Å²) in [6.07, 6.45) is 1.24. The fraction of sp³-hybridized carbons (Fsp3) is 0. The molecular weight excluding hydrogens is 325 g/mol. The minimum absolute atomic E-state index is 0.0659. The van der Waals surface area contributed by atoms with Crippen LogP contribution in [0, 0.1) is 10.1 Å². The summed E-state index contributed by atoms with van der Waals surface area (Å²) in [6.45, 7) is 0. The molecule has 1 heterocycles. The first kappa shape index (κ1) is 12.7. The van der Waals surface area contributed by atoms with E-state index in [0.717, 1.165) is 0 Å². The number of hydrogen-bond donors (Lipinski definition) is 0. The fourth-order valence-electron chi connectivity index (χ4n) is 1.18. The fourth-order valence-corrected chi connectivity index (χ4v) is 1.59. The SMILES string of the molecule is O=[N+]([O-])c1cccc(Oc2ncnc(Cl)c2Br)c1. The number of hydrogen-bond acceptors (Lipinski definition) is 5. The molecule has 2 aromatic rings.